The molecule has 0 aliphatic heterocycles. The molecule has 2 aromatic carbocycles. The smallest absolute Gasteiger partial charge is 0.224 e. The first kappa shape index (κ1) is 18.0. The highest BCUT2D eigenvalue weighted by molar-refractivity contribution is 6.30. The number of halogens is 1. The molecule has 0 unspecified atom stereocenters. The van der Waals surface area contributed by atoms with Crippen molar-refractivity contribution in [3.63, 3.8) is 0 Å². The second-order valence-electron chi connectivity index (χ2n) is 5.66. The molecule has 0 heterocycles. The van der Waals surface area contributed by atoms with Gasteiger partial charge in [0.05, 0.1) is 6.42 Å². The molecule has 2 rings (SSSR count). The summed E-state index contributed by atoms with van der Waals surface area (Å²) in [5.74, 6) is -0.127. The lowest BCUT2D eigenvalue weighted by Gasteiger charge is -2.21. The molecule has 0 radical (unpaired) electrons. The van der Waals surface area contributed by atoms with Gasteiger partial charge in [0.2, 0.25) is 11.8 Å². The van der Waals surface area contributed by atoms with E-state index in [1.54, 1.807) is 17.0 Å². The van der Waals surface area contributed by atoms with Gasteiger partial charge in [-0.25, -0.2) is 0 Å². The van der Waals surface area contributed by atoms with Crippen LogP contribution < -0.4 is 10.2 Å². The first-order valence-electron chi connectivity index (χ1n) is 7.81. The summed E-state index contributed by atoms with van der Waals surface area (Å²) >= 11 is 5.83. The monoisotopic (exact) mass is 344 g/mol. The molecule has 0 spiro atoms. The van der Waals surface area contributed by atoms with Crippen LogP contribution >= 0.6 is 11.6 Å². The van der Waals surface area contributed by atoms with Gasteiger partial charge < -0.3 is 10.2 Å². The number of benzene rings is 2. The fourth-order valence-electron chi connectivity index (χ4n) is 2.42. The van der Waals surface area contributed by atoms with Crippen LogP contribution in [-0.4, -0.2) is 24.9 Å². The van der Waals surface area contributed by atoms with E-state index in [0.717, 1.165) is 16.8 Å². The Kier molecular flexibility index (Phi) is 6.38. The average molecular weight is 345 g/mol. The highest BCUT2D eigenvalue weighted by Gasteiger charge is 2.12. The Morgan fingerprint density at radius 3 is 2.46 bits per heavy atom. The molecule has 0 atom stereocenters. The van der Waals surface area contributed by atoms with Crippen molar-refractivity contribution in [2.45, 2.75) is 20.3 Å². The van der Waals surface area contributed by atoms with Crippen LogP contribution in [0.3, 0.4) is 0 Å². The van der Waals surface area contributed by atoms with Gasteiger partial charge in [-0.05, 0) is 42.3 Å². The van der Waals surface area contributed by atoms with Gasteiger partial charge in [0, 0.05) is 30.7 Å². The van der Waals surface area contributed by atoms with Gasteiger partial charge in [-0.15, -0.1) is 0 Å². The summed E-state index contributed by atoms with van der Waals surface area (Å²) in [5.41, 5.74) is 2.83. The molecule has 126 valence electrons. The fraction of sp³-hybridized carbons (Fsp3) is 0.263. The van der Waals surface area contributed by atoms with E-state index < -0.39 is 0 Å². The molecule has 0 aliphatic carbocycles. The predicted octanol–water partition coefficient (Wildman–Crippen LogP) is 3.36. The van der Waals surface area contributed by atoms with E-state index in [-0.39, 0.29) is 11.8 Å². The Hall–Kier alpha value is -2.33. The van der Waals surface area contributed by atoms with Crippen molar-refractivity contribution < 1.29 is 9.59 Å². The number of hydrogen-bond acceptors (Lipinski definition) is 2. The van der Waals surface area contributed by atoms with E-state index >= 15 is 0 Å². The minimum atomic E-state index is -0.0786. The van der Waals surface area contributed by atoms with Crippen molar-refractivity contribution in [3.8, 4) is 0 Å². The third-order valence-electron chi connectivity index (χ3n) is 3.63. The van der Waals surface area contributed by atoms with E-state index in [1.807, 2.05) is 43.3 Å². The second-order valence-corrected chi connectivity index (χ2v) is 6.10. The van der Waals surface area contributed by atoms with Crippen LogP contribution in [0.2, 0.25) is 5.02 Å². The number of aryl methyl sites for hydroxylation is 1. The largest absolute Gasteiger partial charge is 0.354 e. The lowest BCUT2D eigenvalue weighted by Crippen LogP contribution is -2.38. The van der Waals surface area contributed by atoms with E-state index in [9.17, 15) is 9.59 Å². The maximum atomic E-state index is 12.0. The summed E-state index contributed by atoms with van der Waals surface area (Å²) in [6.07, 6.45) is 0.293. The number of nitrogens with zero attached hydrogens (tertiary/aromatic N) is 1. The molecule has 4 nitrogen and oxygen atoms in total. The average Bonchev–Trinajstić information content (AvgIpc) is 2.53. The zero-order valence-electron chi connectivity index (χ0n) is 13.9. The first-order valence-corrected chi connectivity index (χ1v) is 8.19. The molecule has 0 saturated heterocycles. The Morgan fingerprint density at radius 1 is 1.12 bits per heavy atom. The number of carbonyl (C=O) groups is 2. The number of carbonyl (C=O) groups excluding carboxylic acids is 2. The third kappa shape index (κ3) is 5.39. The Balaban J connectivity index is 1.87. The summed E-state index contributed by atoms with van der Waals surface area (Å²) in [7, 11) is 0. The number of amides is 2. The quantitative estimate of drug-likeness (QED) is 0.873. The lowest BCUT2D eigenvalue weighted by atomic mass is 10.1. The first-order chi connectivity index (χ1) is 11.5. The summed E-state index contributed by atoms with van der Waals surface area (Å²) in [6, 6.07) is 14.9. The number of hydrogen-bond donors (Lipinski definition) is 1. The second kappa shape index (κ2) is 8.50. The summed E-state index contributed by atoms with van der Waals surface area (Å²) in [6.45, 7) is 4.35. The van der Waals surface area contributed by atoms with Crippen molar-refractivity contribution >= 4 is 29.1 Å². The van der Waals surface area contributed by atoms with E-state index in [2.05, 4.69) is 5.32 Å². The Morgan fingerprint density at radius 2 is 1.83 bits per heavy atom. The van der Waals surface area contributed by atoms with E-state index in [0.29, 0.717) is 24.5 Å². The van der Waals surface area contributed by atoms with Crippen molar-refractivity contribution in [1.29, 1.82) is 0 Å². The minimum Gasteiger partial charge on any atom is -0.354 e. The summed E-state index contributed by atoms with van der Waals surface area (Å²) in [4.78, 5) is 25.5. The molecular formula is C19H21ClN2O2. The highest BCUT2D eigenvalue weighted by atomic mass is 35.5. The van der Waals surface area contributed by atoms with Gasteiger partial charge in [-0.1, -0.05) is 35.9 Å². The topological polar surface area (TPSA) is 49.4 Å². The van der Waals surface area contributed by atoms with E-state index in [1.165, 1.54) is 6.92 Å². The van der Waals surface area contributed by atoms with Crippen LogP contribution in [0.5, 0.6) is 0 Å². The van der Waals surface area contributed by atoms with Gasteiger partial charge in [-0.2, -0.15) is 0 Å². The number of rotatable bonds is 6. The van der Waals surface area contributed by atoms with Crippen molar-refractivity contribution in [3.05, 3.63) is 64.7 Å². The Bertz CT molecular complexity index is 714. The molecule has 1 N–H and O–H groups in total. The number of nitrogens with one attached hydrogen (secondary N) is 1. The van der Waals surface area contributed by atoms with Crippen LogP contribution in [-0.2, 0) is 16.0 Å². The third-order valence-corrected chi connectivity index (χ3v) is 3.88. The van der Waals surface area contributed by atoms with Crippen LogP contribution in [0.4, 0.5) is 5.69 Å². The standard InChI is InChI=1S/C19H21ClN2O2/c1-14-4-3-5-18(12-14)22(15(2)23)11-10-21-19(24)13-16-6-8-17(20)9-7-16/h3-9,12H,10-11,13H2,1-2H3,(H,21,24). The Labute approximate surface area is 147 Å². The van der Waals surface area contributed by atoms with Gasteiger partial charge in [0.25, 0.3) is 0 Å². The number of anilines is 1. The molecule has 0 fully saturated rings. The van der Waals surface area contributed by atoms with Crippen molar-refractivity contribution in [2.24, 2.45) is 0 Å². The van der Waals surface area contributed by atoms with Crippen LogP contribution in [0, 0.1) is 6.92 Å². The minimum absolute atomic E-state index is 0.0486. The zero-order chi connectivity index (χ0) is 17.5. The molecule has 2 amide bonds. The molecule has 0 aromatic heterocycles. The summed E-state index contributed by atoms with van der Waals surface area (Å²) in [5, 5.41) is 3.50. The molecular weight excluding hydrogens is 324 g/mol. The van der Waals surface area contributed by atoms with Gasteiger partial charge >= 0.3 is 0 Å². The SMILES string of the molecule is CC(=O)N(CCNC(=O)Cc1ccc(Cl)cc1)c1cccc(C)c1. The summed E-state index contributed by atoms with van der Waals surface area (Å²) < 4.78 is 0. The maximum absolute atomic E-state index is 12.0. The molecule has 24 heavy (non-hydrogen) atoms. The molecule has 0 aliphatic rings. The van der Waals surface area contributed by atoms with Gasteiger partial charge in [0.15, 0.2) is 0 Å². The molecule has 0 bridgehead atoms. The normalized spacial score (nSPS) is 10.3. The predicted molar refractivity (Wildman–Crippen MR) is 97.4 cm³/mol. The molecule has 0 saturated carbocycles. The highest BCUT2D eigenvalue weighted by Crippen LogP contribution is 2.15. The van der Waals surface area contributed by atoms with Crippen LogP contribution in [0.1, 0.15) is 18.1 Å². The maximum Gasteiger partial charge on any atom is 0.224 e. The van der Waals surface area contributed by atoms with Gasteiger partial charge in [-0.3, -0.25) is 9.59 Å². The van der Waals surface area contributed by atoms with Crippen LogP contribution in [0.15, 0.2) is 48.5 Å². The fourth-order valence-corrected chi connectivity index (χ4v) is 2.55. The van der Waals surface area contributed by atoms with E-state index in [4.69, 9.17) is 11.6 Å². The zero-order valence-corrected chi connectivity index (χ0v) is 14.6. The lowest BCUT2D eigenvalue weighted by molar-refractivity contribution is -0.121. The van der Waals surface area contributed by atoms with Crippen LogP contribution in [0.25, 0.3) is 0 Å². The molecule has 5 heteroatoms. The van der Waals surface area contributed by atoms with Gasteiger partial charge in [0.1, 0.15) is 0 Å². The molecule has 2 aromatic rings. The van der Waals surface area contributed by atoms with Crippen molar-refractivity contribution in [1.82, 2.24) is 5.32 Å². The van der Waals surface area contributed by atoms with Crippen molar-refractivity contribution in [2.75, 3.05) is 18.0 Å².